The lowest BCUT2D eigenvalue weighted by molar-refractivity contribution is -0.116. The number of benzene rings is 2. The first-order valence-corrected chi connectivity index (χ1v) is 9.73. The van der Waals surface area contributed by atoms with Gasteiger partial charge in [-0.05, 0) is 55.7 Å². The molecule has 1 fully saturated rings. The zero-order valence-corrected chi connectivity index (χ0v) is 15.7. The lowest BCUT2D eigenvalue weighted by Crippen LogP contribution is -2.32. The maximum atomic E-state index is 12.3. The fourth-order valence-corrected chi connectivity index (χ4v) is 3.79. The van der Waals surface area contributed by atoms with Crippen LogP contribution in [0.2, 0.25) is 0 Å². The Morgan fingerprint density at radius 1 is 0.857 bits per heavy atom. The van der Waals surface area contributed by atoms with Gasteiger partial charge in [0, 0.05) is 37.4 Å². The van der Waals surface area contributed by atoms with E-state index >= 15 is 0 Å². The van der Waals surface area contributed by atoms with Crippen molar-refractivity contribution in [2.75, 3.05) is 29.9 Å². The Hall–Kier alpha value is -3.15. The summed E-state index contributed by atoms with van der Waals surface area (Å²) in [7, 11) is 0. The fourth-order valence-electron chi connectivity index (χ4n) is 3.79. The number of carbonyl (C=O) groups is 3. The molecule has 0 radical (unpaired) electrons. The molecule has 2 aromatic rings. The van der Waals surface area contributed by atoms with Gasteiger partial charge in [-0.25, -0.2) is 0 Å². The molecular formula is C22H23N3O3. The lowest BCUT2D eigenvalue weighted by Gasteiger charge is -2.28. The van der Waals surface area contributed by atoms with Crippen molar-refractivity contribution < 1.29 is 14.4 Å². The minimum absolute atomic E-state index is 0.0688. The highest BCUT2D eigenvalue weighted by atomic mass is 16.2. The molecule has 0 aliphatic carbocycles. The number of amides is 3. The number of piperidine rings is 1. The summed E-state index contributed by atoms with van der Waals surface area (Å²) in [6, 6.07) is 14.6. The van der Waals surface area contributed by atoms with E-state index in [-0.39, 0.29) is 30.7 Å². The van der Waals surface area contributed by atoms with Gasteiger partial charge >= 0.3 is 0 Å². The third-order valence-electron chi connectivity index (χ3n) is 5.31. The van der Waals surface area contributed by atoms with E-state index in [1.165, 1.54) is 24.9 Å². The summed E-state index contributed by atoms with van der Waals surface area (Å²) >= 11 is 0. The summed E-state index contributed by atoms with van der Waals surface area (Å²) in [6.07, 6.45) is 3.80. The Morgan fingerprint density at radius 2 is 1.46 bits per heavy atom. The molecule has 28 heavy (non-hydrogen) atoms. The van der Waals surface area contributed by atoms with Gasteiger partial charge in [0.15, 0.2) is 0 Å². The zero-order chi connectivity index (χ0) is 19.5. The van der Waals surface area contributed by atoms with Gasteiger partial charge < -0.3 is 10.2 Å². The lowest BCUT2D eigenvalue weighted by atomic mass is 10.1. The van der Waals surface area contributed by atoms with Gasteiger partial charge in [-0.2, -0.15) is 0 Å². The topological polar surface area (TPSA) is 69.7 Å². The number of rotatable bonds is 5. The molecule has 2 aliphatic heterocycles. The molecule has 2 aliphatic rings. The molecule has 0 saturated carbocycles. The molecule has 144 valence electrons. The minimum Gasteiger partial charge on any atom is -0.372 e. The molecule has 0 spiro atoms. The van der Waals surface area contributed by atoms with Crippen LogP contribution in [-0.2, 0) is 4.79 Å². The number of anilines is 2. The number of nitrogens with zero attached hydrogens (tertiary/aromatic N) is 2. The number of nitrogens with one attached hydrogen (secondary N) is 1. The highest BCUT2D eigenvalue weighted by molar-refractivity contribution is 6.21. The number of hydrogen-bond donors (Lipinski definition) is 1. The van der Waals surface area contributed by atoms with Crippen molar-refractivity contribution in [1.29, 1.82) is 0 Å². The summed E-state index contributed by atoms with van der Waals surface area (Å²) in [4.78, 5) is 40.4. The first-order valence-electron chi connectivity index (χ1n) is 9.73. The van der Waals surface area contributed by atoms with Crippen LogP contribution in [0.4, 0.5) is 11.4 Å². The fraction of sp³-hybridized carbons (Fsp3) is 0.318. The normalized spacial score (nSPS) is 16.3. The number of carbonyl (C=O) groups excluding carboxylic acids is 3. The van der Waals surface area contributed by atoms with Gasteiger partial charge in [0.1, 0.15) is 0 Å². The average Bonchev–Trinajstić information content (AvgIpc) is 2.98. The quantitative estimate of drug-likeness (QED) is 0.812. The monoisotopic (exact) mass is 377 g/mol. The van der Waals surface area contributed by atoms with Crippen LogP contribution < -0.4 is 10.2 Å². The third-order valence-corrected chi connectivity index (χ3v) is 5.31. The highest BCUT2D eigenvalue weighted by Crippen LogP contribution is 2.23. The highest BCUT2D eigenvalue weighted by Gasteiger charge is 2.34. The van der Waals surface area contributed by atoms with Crippen molar-refractivity contribution in [3.8, 4) is 0 Å². The van der Waals surface area contributed by atoms with E-state index in [1.807, 2.05) is 24.3 Å². The second-order valence-electron chi connectivity index (χ2n) is 7.20. The van der Waals surface area contributed by atoms with Gasteiger partial charge in [-0.15, -0.1) is 0 Å². The van der Waals surface area contributed by atoms with E-state index in [0.29, 0.717) is 16.8 Å². The van der Waals surface area contributed by atoms with Crippen molar-refractivity contribution in [2.45, 2.75) is 25.7 Å². The molecule has 0 bridgehead atoms. The van der Waals surface area contributed by atoms with Gasteiger partial charge in [0.05, 0.1) is 11.1 Å². The van der Waals surface area contributed by atoms with Crippen molar-refractivity contribution in [2.24, 2.45) is 0 Å². The SMILES string of the molecule is O=C(CCN1C(=O)c2ccccc2C1=O)Nc1ccc(N2CCCCC2)cc1. The van der Waals surface area contributed by atoms with Crippen molar-refractivity contribution in [1.82, 2.24) is 4.90 Å². The molecule has 0 unspecified atom stereocenters. The molecule has 1 N–H and O–H groups in total. The number of hydrogen-bond acceptors (Lipinski definition) is 4. The maximum absolute atomic E-state index is 12.3. The molecule has 0 atom stereocenters. The Labute approximate surface area is 164 Å². The average molecular weight is 377 g/mol. The van der Waals surface area contributed by atoms with E-state index in [1.54, 1.807) is 24.3 Å². The molecule has 1 saturated heterocycles. The van der Waals surface area contributed by atoms with Crippen LogP contribution in [0.5, 0.6) is 0 Å². The summed E-state index contributed by atoms with van der Waals surface area (Å²) in [5.74, 6) is -0.888. The summed E-state index contributed by atoms with van der Waals surface area (Å²) in [5, 5.41) is 2.84. The van der Waals surface area contributed by atoms with E-state index in [9.17, 15) is 14.4 Å². The summed E-state index contributed by atoms with van der Waals surface area (Å²) < 4.78 is 0. The van der Waals surface area contributed by atoms with Crippen LogP contribution in [0.3, 0.4) is 0 Å². The summed E-state index contributed by atoms with van der Waals surface area (Å²) in [6.45, 7) is 2.22. The second kappa shape index (κ2) is 7.84. The van der Waals surface area contributed by atoms with E-state index < -0.39 is 0 Å². The molecule has 3 amide bonds. The standard InChI is InChI=1S/C22H23N3O3/c26-20(12-15-25-21(27)18-6-2-3-7-19(18)22(25)28)23-16-8-10-17(11-9-16)24-13-4-1-5-14-24/h2-3,6-11H,1,4-5,12-15H2,(H,23,26). The summed E-state index contributed by atoms with van der Waals surface area (Å²) in [5.41, 5.74) is 2.69. The van der Waals surface area contributed by atoms with Crippen LogP contribution in [0, 0.1) is 0 Å². The molecule has 2 aromatic carbocycles. The Morgan fingerprint density at radius 3 is 2.07 bits per heavy atom. The van der Waals surface area contributed by atoms with Crippen LogP contribution in [0.15, 0.2) is 48.5 Å². The molecule has 6 heteroatoms. The van der Waals surface area contributed by atoms with Crippen LogP contribution in [-0.4, -0.2) is 42.3 Å². The predicted molar refractivity (Wildman–Crippen MR) is 108 cm³/mol. The predicted octanol–water partition coefficient (Wildman–Crippen LogP) is 3.30. The van der Waals surface area contributed by atoms with E-state index in [0.717, 1.165) is 18.0 Å². The minimum atomic E-state index is -0.334. The molecule has 0 aromatic heterocycles. The van der Waals surface area contributed by atoms with Gasteiger partial charge in [-0.3, -0.25) is 19.3 Å². The first kappa shape index (κ1) is 18.2. The van der Waals surface area contributed by atoms with Crippen LogP contribution in [0.25, 0.3) is 0 Å². The molecular weight excluding hydrogens is 354 g/mol. The van der Waals surface area contributed by atoms with Crippen molar-refractivity contribution >= 4 is 29.1 Å². The molecule has 4 rings (SSSR count). The van der Waals surface area contributed by atoms with E-state index in [4.69, 9.17) is 0 Å². The van der Waals surface area contributed by atoms with Gasteiger partial charge in [0.2, 0.25) is 5.91 Å². The smallest absolute Gasteiger partial charge is 0.261 e. The van der Waals surface area contributed by atoms with E-state index in [2.05, 4.69) is 10.2 Å². The Bertz CT molecular complexity index is 866. The van der Waals surface area contributed by atoms with Crippen molar-refractivity contribution in [3.63, 3.8) is 0 Å². The Kier molecular flexibility index (Phi) is 5.10. The van der Waals surface area contributed by atoms with Crippen LogP contribution in [0.1, 0.15) is 46.4 Å². The largest absolute Gasteiger partial charge is 0.372 e. The molecule has 6 nitrogen and oxygen atoms in total. The second-order valence-corrected chi connectivity index (χ2v) is 7.20. The Balaban J connectivity index is 1.31. The van der Waals surface area contributed by atoms with Crippen molar-refractivity contribution in [3.05, 3.63) is 59.7 Å². The maximum Gasteiger partial charge on any atom is 0.261 e. The number of fused-ring (bicyclic) bond motifs is 1. The molecule has 2 heterocycles. The number of imide groups is 1. The van der Waals surface area contributed by atoms with Gasteiger partial charge in [0.25, 0.3) is 11.8 Å². The first-order chi connectivity index (χ1) is 13.6. The third kappa shape index (κ3) is 3.63. The zero-order valence-electron chi connectivity index (χ0n) is 15.7. The van der Waals surface area contributed by atoms with Crippen LogP contribution >= 0.6 is 0 Å². The van der Waals surface area contributed by atoms with Gasteiger partial charge in [-0.1, -0.05) is 12.1 Å².